The normalized spacial score (nSPS) is 23.8. The van der Waals surface area contributed by atoms with Gasteiger partial charge in [-0.25, -0.2) is 0 Å². The van der Waals surface area contributed by atoms with E-state index in [1.807, 2.05) is 20.8 Å². The Balaban J connectivity index is 3.38. The van der Waals surface area contributed by atoms with Crippen LogP contribution in [0.25, 0.3) is 0 Å². The van der Waals surface area contributed by atoms with E-state index < -0.39 is 17.3 Å². The van der Waals surface area contributed by atoms with Crippen LogP contribution in [0.2, 0.25) is 0 Å². The van der Waals surface area contributed by atoms with E-state index in [1.165, 1.54) is 7.11 Å². The van der Waals surface area contributed by atoms with Gasteiger partial charge >= 0.3 is 5.97 Å². The monoisotopic (exact) mass is 336 g/mol. The maximum absolute atomic E-state index is 13.1. The van der Waals surface area contributed by atoms with Gasteiger partial charge < -0.3 is 4.74 Å². The summed E-state index contributed by atoms with van der Waals surface area (Å²) in [7, 11) is 2.96. The molecule has 0 radical (unpaired) electrons. The lowest BCUT2D eigenvalue weighted by molar-refractivity contribution is -0.153. The van der Waals surface area contributed by atoms with Crippen LogP contribution in [0.3, 0.4) is 0 Å². The summed E-state index contributed by atoms with van der Waals surface area (Å²) in [5.74, 6) is -1.63. The number of hydroxylamine groups is 1. The fourth-order valence-electron chi connectivity index (χ4n) is 2.99. The molecule has 0 aromatic heterocycles. The Bertz CT molecular complexity index is 561. The van der Waals surface area contributed by atoms with Gasteiger partial charge in [-0.3, -0.25) is 24.9 Å². The molecular formula is C18H28N2O4. The lowest BCUT2D eigenvalue weighted by atomic mass is 9.65. The minimum Gasteiger partial charge on any atom is -0.468 e. The molecule has 24 heavy (non-hydrogen) atoms. The first-order valence-corrected chi connectivity index (χ1v) is 8.13. The lowest BCUT2D eigenvalue weighted by Gasteiger charge is -2.38. The number of nitrogens with one attached hydrogen (secondary N) is 1. The molecule has 0 aromatic rings. The highest BCUT2D eigenvalue weighted by Crippen LogP contribution is 2.41. The Morgan fingerprint density at radius 3 is 2.67 bits per heavy atom. The summed E-state index contributed by atoms with van der Waals surface area (Å²) in [5, 5.41) is 0. The van der Waals surface area contributed by atoms with Crippen molar-refractivity contribution in [2.75, 3.05) is 20.8 Å². The number of esters is 1. The fourth-order valence-corrected chi connectivity index (χ4v) is 2.99. The number of carbonyl (C=O) groups is 2. The van der Waals surface area contributed by atoms with Crippen molar-refractivity contribution >= 4 is 17.5 Å². The van der Waals surface area contributed by atoms with Crippen LogP contribution >= 0.6 is 0 Å². The molecule has 6 nitrogen and oxygen atoms in total. The van der Waals surface area contributed by atoms with E-state index in [2.05, 4.69) is 17.1 Å². The molecule has 1 fully saturated rings. The standard InChI is InChI=1S/C18H28N2O4/c1-7-9-12(20-24-10-8-2)14-13(19-5)11-18(3,4)15(16(14)21)17(22)23-6/h8,15,20H,2,7,9-11H2,1,3-6H3/t15-/m1/s1. The van der Waals surface area contributed by atoms with Crippen molar-refractivity contribution in [3.63, 3.8) is 0 Å². The number of ether oxygens (including phenoxy) is 1. The molecule has 1 aliphatic rings. The van der Waals surface area contributed by atoms with E-state index in [4.69, 9.17) is 9.57 Å². The molecule has 0 aliphatic heterocycles. The van der Waals surface area contributed by atoms with Gasteiger partial charge in [0.05, 0.1) is 25.0 Å². The molecule has 0 bridgehead atoms. The van der Waals surface area contributed by atoms with Crippen molar-refractivity contribution in [2.24, 2.45) is 16.3 Å². The van der Waals surface area contributed by atoms with Gasteiger partial charge in [0.1, 0.15) is 5.92 Å². The SMILES string of the molecule is C=CCONC(CCC)=C1C(=O)[C@H](C(=O)OC)C(C)(C)CC1=NC. The summed E-state index contributed by atoms with van der Waals surface area (Å²) < 4.78 is 4.86. The minimum atomic E-state index is -0.851. The van der Waals surface area contributed by atoms with Crippen LogP contribution in [0, 0.1) is 11.3 Å². The van der Waals surface area contributed by atoms with Gasteiger partial charge in [0.25, 0.3) is 0 Å². The molecule has 0 heterocycles. The molecule has 0 aromatic carbocycles. The van der Waals surface area contributed by atoms with E-state index in [-0.39, 0.29) is 5.78 Å². The fraction of sp³-hybridized carbons (Fsp3) is 0.611. The van der Waals surface area contributed by atoms with Crippen LogP contribution in [0.4, 0.5) is 0 Å². The summed E-state index contributed by atoms with van der Waals surface area (Å²) in [5.41, 5.74) is 4.07. The smallest absolute Gasteiger partial charge is 0.317 e. The molecule has 1 aliphatic carbocycles. The average molecular weight is 336 g/mol. The molecule has 0 unspecified atom stereocenters. The number of carbonyl (C=O) groups excluding carboxylic acids is 2. The molecule has 134 valence electrons. The van der Waals surface area contributed by atoms with Crippen molar-refractivity contribution < 1.29 is 19.2 Å². The van der Waals surface area contributed by atoms with Gasteiger partial charge in [0.15, 0.2) is 5.78 Å². The molecule has 1 rings (SSSR count). The van der Waals surface area contributed by atoms with Crippen molar-refractivity contribution in [3.05, 3.63) is 23.9 Å². The maximum atomic E-state index is 13.1. The van der Waals surface area contributed by atoms with Gasteiger partial charge in [-0.1, -0.05) is 33.3 Å². The van der Waals surface area contributed by atoms with Gasteiger partial charge in [-0.2, -0.15) is 0 Å². The van der Waals surface area contributed by atoms with Crippen LogP contribution in [0.15, 0.2) is 28.9 Å². The van der Waals surface area contributed by atoms with E-state index in [1.54, 1.807) is 13.1 Å². The second-order valence-corrected chi connectivity index (χ2v) is 6.46. The molecule has 0 spiro atoms. The zero-order chi connectivity index (χ0) is 18.3. The Hall–Kier alpha value is -1.95. The van der Waals surface area contributed by atoms with Gasteiger partial charge in [0, 0.05) is 12.8 Å². The Morgan fingerprint density at radius 2 is 2.17 bits per heavy atom. The Kier molecular flexibility index (Phi) is 7.35. The highest BCUT2D eigenvalue weighted by molar-refractivity contribution is 6.29. The maximum Gasteiger partial charge on any atom is 0.317 e. The largest absolute Gasteiger partial charge is 0.468 e. The van der Waals surface area contributed by atoms with E-state index in [0.29, 0.717) is 36.4 Å². The number of rotatable bonds is 7. The molecule has 0 amide bonds. The zero-order valence-corrected chi connectivity index (χ0v) is 15.3. The predicted molar refractivity (Wildman–Crippen MR) is 93.5 cm³/mol. The van der Waals surface area contributed by atoms with Crippen molar-refractivity contribution in [2.45, 2.75) is 40.0 Å². The average Bonchev–Trinajstić information content (AvgIpc) is 2.53. The van der Waals surface area contributed by atoms with Gasteiger partial charge in [-0.15, -0.1) is 6.58 Å². The number of hydrogen-bond donors (Lipinski definition) is 1. The summed E-state index contributed by atoms with van der Waals surface area (Å²) in [6.45, 7) is 9.68. The summed E-state index contributed by atoms with van der Waals surface area (Å²) in [6.07, 6.45) is 3.56. The van der Waals surface area contributed by atoms with E-state index in [9.17, 15) is 9.59 Å². The summed E-state index contributed by atoms with van der Waals surface area (Å²) in [6, 6.07) is 0. The lowest BCUT2D eigenvalue weighted by Crippen LogP contribution is -2.47. The highest BCUT2D eigenvalue weighted by atomic mass is 16.6. The first kappa shape index (κ1) is 20.1. The van der Waals surface area contributed by atoms with E-state index in [0.717, 1.165) is 6.42 Å². The van der Waals surface area contributed by atoms with Crippen molar-refractivity contribution in [3.8, 4) is 0 Å². The number of methoxy groups -OCH3 is 1. The molecule has 1 atom stereocenters. The Labute approximate surface area is 144 Å². The molecule has 6 heteroatoms. The number of ketones is 1. The zero-order valence-electron chi connectivity index (χ0n) is 15.3. The van der Waals surface area contributed by atoms with Crippen LogP contribution < -0.4 is 5.48 Å². The predicted octanol–water partition coefficient (Wildman–Crippen LogP) is 2.61. The van der Waals surface area contributed by atoms with Gasteiger partial charge in [0.2, 0.25) is 0 Å². The number of aliphatic imine (C=N–C) groups is 1. The highest BCUT2D eigenvalue weighted by Gasteiger charge is 2.49. The number of allylic oxidation sites excluding steroid dienone is 2. The Morgan fingerprint density at radius 1 is 1.50 bits per heavy atom. The molecule has 1 saturated carbocycles. The first-order valence-electron chi connectivity index (χ1n) is 8.13. The topological polar surface area (TPSA) is 77.0 Å². The van der Waals surface area contributed by atoms with Crippen LogP contribution in [0.5, 0.6) is 0 Å². The second kappa shape index (κ2) is 8.78. The molecule has 0 saturated heterocycles. The van der Waals surface area contributed by atoms with Crippen LogP contribution in [0.1, 0.15) is 40.0 Å². The third-order valence-corrected chi connectivity index (χ3v) is 4.11. The van der Waals surface area contributed by atoms with Crippen LogP contribution in [-0.4, -0.2) is 38.2 Å². The molecular weight excluding hydrogens is 308 g/mol. The second-order valence-electron chi connectivity index (χ2n) is 6.46. The van der Waals surface area contributed by atoms with Crippen LogP contribution in [-0.2, 0) is 19.2 Å². The minimum absolute atomic E-state index is 0.267. The number of nitrogens with zero attached hydrogens (tertiary/aromatic N) is 1. The third-order valence-electron chi connectivity index (χ3n) is 4.11. The quantitative estimate of drug-likeness (QED) is 0.193. The van der Waals surface area contributed by atoms with E-state index >= 15 is 0 Å². The number of hydrogen-bond acceptors (Lipinski definition) is 6. The summed E-state index contributed by atoms with van der Waals surface area (Å²) >= 11 is 0. The molecule has 1 N–H and O–H groups in total. The first-order chi connectivity index (χ1) is 11.3. The number of Topliss-reactive ketones (excluding diaryl/α,β-unsaturated/α-hetero) is 1. The summed E-state index contributed by atoms with van der Waals surface area (Å²) in [4.78, 5) is 34.9. The van der Waals surface area contributed by atoms with Crippen molar-refractivity contribution in [1.82, 2.24) is 5.48 Å². The third kappa shape index (κ3) is 4.32. The van der Waals surface area contributed by atoms with Crippen molar-refractivity contribution in [1.29, 1.82) is 0 Å². The van der Waals surface area contributed by atoms with Gasteiger partial charge in [-0.05, 0) is 18.3 Å².